The zero-order valence-electron chi connectivity index (χ0n) is 12.4. The van der Waals surface area contributed by atoms with Crippen molar-refractivity contribution < 1.29 is 14.1 Å². The number of methoxy groups -OCH3 is 1. The number of fused-ring (bicyclic) bond motifs is 1. The van der Waals surface area contributed by atoms with Crippen LogP contribution in [0.3, 0.4) is 0 Å². The first-order chi connectivity index (χ1) is 10.7. The van der Waals surface area contributed by atoms with Gasteiger partial charge >= 0.3 is 0 Å². The zero-order valence-corrected chi connectivity index (χ0v) is 12.4. The highest BCUT2D eigenvalue weighted by Gasteiger charge is 2.14. The van der Waals surface area contributed by atoms with Crippen molar-refractivity contribution in [3.8, 4) is 5.75 Å². The van der Waals surface area contributed by atoms with Gasteiger partial charge in [-0.2, -0.15) is 0 Å². The average molecular weight is 296 g/mol. The Morgan fingerprint density at radius 3 is 2.86 bits per heavy atom. The number of nitrogens with one attached hydrogen (secondary N) is 1. The van der Waals surface area contributed by atoms with Crippen LogP contribution in [-0.4, -0.2) is 18.2 Å². The van der Waals surface area contributed by atoms with E-state index >= 15 is 0 Å². The van der Waals surface area contributed by atoms with Crippen LogP contribution in [0.15, 0.2) is 47.0 Å². The summed E-state index contributed by atoms with van der Waals surface area (Å²) in [5.74, 6) is 0.456. The maximum atomic E-state index is 12.2. The Morgan fingerprint density at radius 2 is 2.05 bits per heavy atom. The third-order valence-electron chi connectivity index (χ3n) is 3.48. The van der Waals surface area contributed by atoms with E-state index in [1.807, 2.05) is 37.3 Å². The van der Waals surface area contributed by atoms with E-state index in [1.54, 1.807) is 19.2 Å². The molecule has 2 aromatic carbocycles. The van der Waals surface area contributed by atoms with Crippen molar-refractivity contribution in [2.45, 2.75) is 13.3 Å². The summed E-state index contributed by atoms with van der Waals surface area (Å²) in [6.07, 6.45) is 0.147. The van der Waals surface area contributed by atoms with Crippen molar-refractivity contribution in [1.82, 2.24) is 5.16 Å². The third-order valence-corrected chi connectivity index (χ3v) is 3.48. The number of carbonyl (C=O) groups is 1. The van der Waals surface area contributed by atoms with Gasteiger partial charge < -0.3 is 14.6 Å². The van der Waals surface area contributed by atoms with E-state index in [0.717, 1.165) is 16.5 Å². The van der Waals surface area contributed by atoms with Gasteiger partial charge in [-0.15, -0.1) is 0 Å². The van der Waals surface area contributed by atoms with Gasteiger partial charge in [0.2, 0.25) is 5.91 Å². The molecule has 0 saturated heterocycles. The number of aryl methyl sites for hydroxylation is 1. The van der Waals surface area contributed by atoms with Gasteiger partial charge in [0.15, 0.2) is 5.58 Å². The molecule has 0 saturated carbocycles. The molecule has 1 aromatic heterocycles. The van der Waals surface area contributed by atoms with Crippen LogP contribution < -0.4 is 10.1 Å². The number of carbonyl (C=O) groups excluding carboxylic acids is 1. The molecule has 0 atom stereocenters. The van der Waals surface area contributed by atoms with Crippen LogP contribution in [0.4, 0.5) is 5.69 Å². The van der Waals surface area contributed by atoms with Gasteiger partial charge in [-0.25, -0.2) is 0 Å². The van der Waals surface area contributed by atoms with Gasteiger partial charge in [0.05, 0.1) is 19.2 Å². The van der Waals surface area contributed by atoms with Crippen molar-refractivity contribution >= 4 is 22.6 Å². The van der Waals surface area contributed by atoms with Gasteiger partial charge in [-0.1, -0.05) is 29.4 Å². The third kappa shape index (κ3) is 2.65. The summed E-state index contributed by atoms with van der Waals surface area (Å²) >= 11 is 0. The summed E-state index contributed by atoms with van der Waals surface area (Å²) in [4.78, 5) is 12.2. The van der Waals surface area contributed by atoms with Gasteiger partial charge in [0.1, 0.15) is 11.4 Å². The molecule has 0 bridgehead atoms. The first kappa shape index (κ1) is 14.1. The van der Waals surface area contributed by atoms with Crippen molar-refractivity contribution in [1.29, 1.82) is 0 Å². The van der Waals surface area contributed by atoms with E-state index < -0.39 is 0 Å². The fraction of sp³-hybridized carbons (Fsp3) is 0.176. The predicted octanol–water partition coefficient (Wildman–Crippen LogP) is 3.33. The number of aromatic nitrogens is 1. The van der Waals surface area contributed by atoms with E-state index in [-0.39, 0.29) is 12.3 Å². The van der Waals surface area contributed by atoms with Crippen molar-refractivity contribution in [3.63, 3.8) is 0 Å². The maximum Gasteiger partial charge on any atom is 0.230 e. The lowest BCUT2D eigenvalue weighted by Crippen LogP contribution is -2.15. The Morgan fingerprint density at radius 1 is 1.23 bits per heavy atom. The Bertz CT molecular complexity index is 824. The molecule has 5 nitrogen and oxygen atoms in total. The molecule has 3 rings (SSSR count). The number of hydrogen-bond donors (Lipinski definition) is 1. The predicted molar refractivity (Wildman–Crippen MR) is 84.1 cm³/mol. The monoisotopic (exact) mass is 296 g/mol. The molecule has 0 aliphatic carbocycles. The smallest absolute Gasteiger partial charge is 0.230 e. The summed E-state index contributed by atoms with van der Waals surface area (Å²) in [6, 6.07) is 13.1. The van der Waals surface area contributed by atoms with Gasteiger partial charge in [-0.3, -0.25) is 4.79 Å². The highest BCUT2D eigenvalue weighted by atomic mass is 16.5. The number of para-hydroxylation sites is 3. The molecule has 112 valence electrons. The summed E-state index contributed by atoms with van der Waals surface area (Å²) < 4.78 is 10.5. The maximum absolute atomic E-state index is 12.2. The van der Waals surface area contributed by atoms with E-state index in [9.17, 15) is 4.79 Å². The minimum absolute atomic E-state index is 0.147. The number of ether oxygens (including phenoxy) is 1. The van der Waals surface area contributed by atoms with E-state index in [1.165, 1.54) is 0 Å². The lowest BCUT2D eigenvalue weighted by molar-refractivity contribution is -0.115. The SMILES string of the molecule is COc1ccccc1NC(=O)Cc1noc2c(C)cccc12. The van der Waals surface area contributed by atoms with Crippen LogP contribution in [0.25, 0.3) is 11.0 Å². The minimum Gasteiger partial charge on any atom is -0.495 e. The van der Waals surface area contributed by atoms with Gasteiger partial charge in [-0.05, 0) is 30.7 Å². The highest BCUT2D eigenvalue weighted by Crippen LogP contribution is 2.25. The normalized spacial score (nSPS) is 10.6. The standard InChI is InChI=1S/C17H16N2O3/c1-11-6-5-7-12-14(19-22-17(11)12)10-16(20)18-13-8-3-4-9-15(13)21-2/h3-9H,10H2,1-2H3,(H,18,20). The Kier molecular flexibility index (Phi) is 3.78. The zero-order chi connectivity index (χ0) is 15.5. The van der Waals surface area contributed by atoms with Crippen LogP contribution in [0.2, 0.25) is 0 Å². The number of anilines is 1. The second-order valence-corrected chi connectivity index (χ2v) is 5.01. The number of amides is 1. The Labute approximate surface area is 127 Å². The summed E-state index contributed by atoms with van der Waals surface area (Å²) in [5, 5.41) is 7.72. The molecule has 1 N–H and O–H groups in total. The second-order valence-electron chi connectivity index (χ2n) is 5.01. The van der Waals surface area contributed by atoms with Crippen LogP contribution >= 0.6 is 0 Å². The molecule has 0 aliphatic heterocycles. The molecular weight excluding hydrogens is 280 g/mol. The Hall–Kier alpha value is -2.82. The lowest BCUT2D eigenvalue weighted by Gasteiger charge is -2.09. The molecule has 3 aromatic rings. The highest BCUT2D eigenvalue weighted by molar-refractivity contribution is 5.96. The van der Waals surface area contributed by atoms with Crippen molar-refractivity contribution in [3.05, 3.63) is 53.7 Å². The molecule has 1 heterocycles. The topological polar surface area (TPSA) is 64.4 Å². The number of hydrogen-bond acceptors (Lipinski definition) is 4. The fourth-order valence-corrected chi connectivity index (χ4v) is 2.37. The molecule has 0 spiro atoms. The number of benzene rings is 2. The second kappa shape index (κ2) is 5.89. The van der Waals surface area contributed by atoms with Gasteiger partial charge in [0, 0.05) is 5.39 Å². The molecule has 0 aliphatic rings. The average Bonchev–Trinajstić information content (AvgIpc) is 2.92. The lowest BCUT2D eigenvalue weighted by atomic mass is 10.1. The molecular formula is C17H16N2O3. The van der Waals surface area contributed by atoms with E-state index in [0.29, 0.717) is 17.1 Å². The Balaban J connectivity index is 1.80. The summed E-state index contributed by atoms with van der Waals surface area (Å²) in [6.45, 7) is 1.95. The van der Waals surface area contributed by atoms with Crippen LogP contribution in [-0.2, 0) is 11.2 Å². The number of rotatable bonds is 4. The summed E-state index contributed by atoms with van der Waals surface area (Å²) in [7, 11) is 1.57. The quantitative estimate of drug-likeness (QED) is 0.802. The first-order valence-corrected chi connectivity index (χ1v) is 6.96. The van der Waals surface area contributed by atoms with E-state index in [4.69, 9.17) is 9.26 Å². The van der Waals surface area contributed by atoms with Crippen LogP contribution in [0, 0.1) is 6.92 Å². The molecule has 0 radical (unpaired) electrons. The molecule has 5 heteroatoms. The van der Waals surface area contributed by atoms with Crippen molar-refractivity contribution in [2.75, 3.05) is 12.4 Å². The molecule has 0 unspecified atom stereocenters. The van der Waals surface area contributed by atoms with Crippen LogP contribution in [0.5, 0.6) is 5.75 Å². The molecule has 1 amide bonds. The van der Waals surface area contributed by atoms with Crippen LogP contribution in [0.1, 0.15) is 11.3 Å². The first-order valence-electron chi connectivity index (χ1n) is 6.96. The van der Waals surface area contributed by atoms with Crippen molar-refractivity contribution in [2.24, 2.45) is 0 Å². The van der Waals surface area contributed by atoms with Gasteiger partial charge in [0.25, 0.3) is 0 Å². The molecule has 0 fully saturated rings. The summed E-state index contributed by atoms with van der Waals surface area (Å²) in [5.41, 5.74) is 2.99. The molecule has 22 heavy (non-hydrogen) atoms. The fourth-order valence-electron chi connectivity index (χ4n) is 2.37. The minimum atomic E-state index is -0.166. The largest absolute Gasteiger partial charge is 0.495 e. The number of nitrogens with zero attached hydrogens (tertiary/aromatic N) is 1. The van der Waals surface area contributed by atoms with E-state index in [2.05, 4.69) is 10.5 Å².